The second-order valence-electron chi connectivity index (χ2n) is 5.01. The molecule has 4 nitrogen and oxygen atoms in total. The van der Waals surface area contributed by atoms with Crippen molar-refractivity contribution in [2.45, 2.75) is 26.4 Å². The van der Waals surface area contributed by atoms with Crippen LogP contribution in [0.25, 0.3) is 11.0 Å². The molecule has 1 aliphatic heterocycles. The molecule has 1 saturated heterocycles. The highest BCUT2D eigenvalue weighted by molar-refractivity contribution is 5.80. The van der Waals surface area contributed by atoms with E-state index in [4.69, 9.17) is 0 Å². The van der Waals surface area contributed by atoms with Crippen LogP contribution in [0.5, 0.6) is 0 Å². The minimum absolute atomic E-state index is 0.227. The van der Waals surface area contributed by atoms with Crippen LogP contribution in [-0.2, 0) is 0 Å². The van der Waals surface area contributed by atoms with Gasteiger partial charge in [-0.15, -0.1) is 0 Å². The van der Waals surface area contributed by atoms with Gasteiger partial charge in [0.2, 0.25) is 0 Å². The maximum atomic E-state index is 9.58. The van der Waals surface area contributed by atoms with Gasteiger partial charge in [-0.3, -0.25) is 0 Å². The first kappa shape index (κ1) is 11.4. The summed E-state index contributed by atoms with van der Waals surface area (Å²) in [5.41, 5.74) is 3.00. The highest BCUT2D eigenvalue weighted by atomic mass is 16.3. The van der Waals surface area contributed by atoms with Crippen LogP contribution in [0.2, 0.25) is 0 Å². The smallest absolute Gasteiger partial charge is 0.162 e. The van der Waals surface area contributed by atoms with Crippen molar-refractivity contribution in [1.29, 1.82) is 0 Å². The fraction of sp³-hybridized carbons (Fsp3) is 0.429. The second-order valence-corrected chi connectivity index (χ2v) is 5.01. The molecular weight excluding hydrogens is 226 g/mol. The lowest BCUT2D eigenvalue weighted by molar-refractivity contribution is 0.198. The number of aromatic nitrogens is 2. The monoisotopic (exact) mass is 243 g/mol. The molecule has 0 spiro atoms. The number of nitrogens with zero attached hydrogens (tertiary/aromatic N) is 3. The number of aliphatic hydroxyl groups excluding tert-OH is 1. The van der Waals surface area contributed by atoms with E-state index in [0.29, 0.717) is 6.54 Å². The van der Waals surface area contributed by atoms with Crippen LogP contribution in [-0.4, -0.2) is 34.3 Å². The topological polar surface area (TPSA) is 49.2 Å². The van der Waals surface area contributed by atoms with Crippen molar-refractivity contribution in [2.24, 2.45) is 0 Å². The van der Waals surface area contributed by atoms with Gasteiger partial charge in [-0.25, -0.2) is 9.97 Å². The average molecular weight is 243 g/mol. The van der Waals surface area contributed by atoms with Gasteiger partial charge in [0.05, 0.1) is 6.10 Å². The predicted octanol–water partition coefficient (Wildman–Crippen LogP) is 1.82. The van der Waals surface area contributed by atoms with Crippen LogP contribution in [0.4, 0.5) is 5.82 Å². The number of β-amino-alcohol motifs (C(OH)–C–C–N with tert-alkyl or cyclic N) is 1. The van der Waals surface area contributed by atoms with Crippen LogP contribution >= 0.6 is 0 Å². The number of fused-ring (bicyclic) bond motifs is 1. The Morgan fingerprint density at radius 3 is 2.83 bits per heavy atom. The van der Waals surface area contributed by atoms with Crippen molar-refractivity contribution >= 4 is 16.9 Å². The number of aliphatic hydroxyl groups is 1. The summed E-state index contributed by atoms with van der Waals surface area (Å²) < 4.78 is 0. The standard InChI is InChI=1S/C14H17N3O/c1-9-7-10(2)15-14-12(9)3-4-13(16-14)17-6-5-11(18)8-17/h3-4,7,11,18H,5-6,8H2,1-2H3. The van der Waals surface area contributed by atoms with Gasteiger partial charge in [0.1, 0.15) is 5.82 Å². The number of hydrogen-bond acceptors (Lipinski definition) is 4. The normalized spacial score (nSPS) is 19.7. The third-order valence-corrected chi connectivity index (χ3v) is 3.48. The Balaban J connectivity index is 2.05. The third-order valence-electron chi connectivity index (χ3n) is 3.48. The first-order valence-electron chi connectivity index (χ1n) is 6.31. The molecule has 0 aromatic carbocycles. The maximum Gasteiger partial charge on any atom is 0.162 e. The molecule has 94 valence electrons. The highest BCUT2D eigenvalue weighted by Gasteiger charge is 2.21. The molecule has 0 radical (unpaired) electrons. The zero-order chi connectivity index (χ0) is 12.7. The van der Waals surface area contributed by atoms with Gasteiger partial charge in [-0.05, 0) is 44.0 Å². The number of rotatable bonds is 1. The molecule has 0 aliphatic carbocycles. The van der Waals surface area contributed by atoms with E-state index in [1.807, 2.05) is 13.0 Å². The number of hydrogen-bond donors (Lipinski definition) is 1. The Labute approximate surface area is 106 Å². The fourth-order valence-corrected chi connectivity index (χ4v) is 2.55. The molecule has 0 amide bonds. The van der Waals surface area contributed by atoms with Gasteiger partial charge in [0, 0.05) is 24.2 Å². The average Bonchev–Trinajstić information content (AvgIpc) is 2.75. The van der Waals surface area contributed by atoms with E-state index in [1.165, 1.54) is 5.56 Å². The number of pyridine rings is 2. The molecule has 1 aliphatic rings. The lowest BCUT2D eigenvalue weighted by atomic mass is 10.1. The van der Waals surface area contributed by atoms with Crippen molar-refractivity contribution in [3.8, 4) is 0 Å². The highest BCUT2D eigenvalue weighted by Crippen LogP contribution is 2.23. The summed E-state index contributed by atoms with van der Waals surface area (Å²) in [6, 6.07) is 6.16. The predicted molar refractivity (Wildman–Crippen MR) is 71.8 cm³/mol. The molecule has 3 heterocycles. The van der Waals surface area contributed by atoms with E-state index in [2.05, 4.69) is 33.9 Å². The van der Waals surface area contributed by atoms with E-state index >= 15 is 0 Å². The summed E-state index contributed by atoms with van der Waals surface area (Å²) in [6.07, 6.45) is 0.592. The Kier molecular flexibility index (Phi) is 2.67. The van der Waals surface area contributed by atoms with Crippen LogP contribution < -0.4 is 4.90 Å². The summed E-state index contributed by atoms with van der Waals surface area (Å²) in [5, 5.41) is 10.7. The molecule has 0 saturated carbocycles. The van der Waals surface area contributed by atoms with Gasteiger partial charge < -0.3 is 10.0 Å². The van der Waals surface area contributed by atoms with E-state index in [9.17, 15) is 5.11 Å². The minimum atomic E-state index is -0.227. The van der Waals surface area contributed by atoms with Crippen molar-refractivity contribution in [3.63, 3.8) is 0 Å². The quantitative estimate of drug-likeness (QED) is 0.830. The van der Waals surface area contributed by atoms with E-state index in [-0.39, 0.29) is 6.10 Å². The summed E-state index contributed by atoms with van der Waals surface area (Å²) in [7, 11) is 0. The van der Waals surface area contributed by atoms with Crippen molar-refractivity contribution in [3.05, 3.63) is 29.5 Å². The van der Waals surface area contributed by atoms with Crippen LogP contribution in [0.3, 0.4) is 0 Å². The molecule has 1 atom stereocenters. The third kappa shape index (κ3) is 1.93. The van der Waals surface area contributed by atoms with Crippen LogP contribution in [0.1, 0.15) is 17.7 Å². The van der Waals surface area contributed by atoms with Gasteiger partial charge in [0.15, 0.2) is 5.65 Å². The van der Waals surface area contributed by atoms with Gasteiger partial charge in [0.25, 0.3) is 0 Å². The largest absolute Gasteiger partial charge is 0.391 e. The Morgan fingerprint density at radius 2 is 2.11 bits per heavy atom. The van der Waals surface area contributed by atoms with Gasteiger partial charge >= 0.3 is 0 Å². The summed E-state index contributed by atoms with van der Waals surface area (Å²) in [4.78, 5) is 11.2. The molecule has 1 N–H and O–H groups in total. The maximum absolute atomic E-state index is 9.58. The molecule has 1 unspecified atom stereocenters. The first-order chi connectivity index (χ1) is 8.63. The van der Waals surface area contributed by atoms with E-state index in [1.54, 1.807) is 0 Å². The Hall–Kier alpha value is -1.68. The molecule has 4 heteroatoms. The molecule has 1 fully saturated rings. The summed E-state index contributed by atoms with van der Waals surface area (Å²) in [5.74, 6) is 0.913. The zero-order valence-corrected chi connectivity index (χ0v) is 10.7. The van der Waals surface area contributed by atoms with Gasteiger partial charge in [-0.2, -0.15) is 0 Å². The fourth-order valence-electron chi connectivity index (χ4n) is 2.55. The molecule has 0 bridgehead atoms. The van der Waals surface area contributed by atoms with Crippen LogP contribution in [0.15, 0.2) is 18.2 Å². The van der Waals surface area contributed by atoms with Crippen molar-refractivity contribution in [2.75, 3.05) is 18.0 Å². The van der Waals surface area contributed by atoms with Crippen molar-refractivity contribution in [1.82, 2.24) is 9.97 Å². The van der Waals surface area contributed by atoms with Gasteiger partial charge in [-0.1, -0.05) is 0 Å². The SMILES string of the molecule is Cc1cc(C)c2ccc(N3CCC(O)C3)nc2n1. The Morgan fingerprint density at radius 1 is 1.28 bits per heavy atom. The van der Waals surface area contributed by atoms with E-state index < -0.39 is 0 Å². The molecule has 2 aromatic rings. The zero-order valence-electron chi connectivity index (χ0n) is 10.7. The summed E-state index contributed by atoms with van der Waals surface area (Å²) >= 11 is 0. The number of aryl methyl sites for hydroxylation is 2. The van der Waals surface area contributed by atoms with Crippen molar-refractivity contribution < 1.29 is 5.11 Å². The molecular formula is C14H17N3O. The first-order valence-corrected chi connectivity index (χ1v) is 6.31. The minimum Gasteiger partial charge on any atom is -0.391 e. The van der Waals surface area contributed by atoms with E-state index in [0.717, 1.165) is 35.5 Å². The molecule has 18 heavy (non-hydrogen) atoms. The summed E-state index contributed by atoms with van der Waals surface area (Å²) in [6.45, 7) is 5.60. The lowest BCUT2D eigenvalue weighted by Crippen LogP contribution is -2.22. The number of anilines is 1. The second kappa shape index (κ2) is 4.21. The molecule has 3 rings (SSSR count). The Bertz CT molecular complexity index is 597. The lowest BCUT2D eigenvalue weighted by Gasteiger charge is -2.17. The van der Waals surface area contributed by atoms with Crippen LogP contribution in [0, 0.1) is 13.8 Å². The molecule has 2 aromatic heterocycles.